The molecule has 0 bridgehead atoms. The minimum Gasteiger partial charge on any atom is -0.350 e. The predicted molar refractivity (Wildman–Crippen MR) is 126 cm³/mol. The van der Waals surface area contributed by atoms with Crippen molar-refractivity contribution in [2.45, 2.75) is 25.8 Å². The largest absolute Gasteiger partial charge is 0.416 e. The molecule has 11 heteroatoms. The second-order valence-corrected chi connectivity index (χ2v) is 8.32. The van der Waals surface area contributed by atoms with E-state index in [1.165, 1.54) is 41.0 Å². The minimum absolute atomic E-state index is 0.113. The molecule has 0 aliphatic carbocycles. The third-order valence-electron chi connectivity index (χ3n) is 5.40. The third kappa shape index (κ3) is 5.65. The number of alkyl halides is 3. The van der Waals surface area contributed by atoms with Crippen molar-refractivity contribution < 1.29 is 22.4 Å². The predicted octanol–water partition coefficient (Wildman–Crippen LogP) is 4.89. The van der Waals surface area contributed by atoms with E-state index in [-0.39, 0.29) is 30.0 Å². The molecule has 186 valence electrons. The number of nitrogens with one attached hydrogen (secondary N) is 1. The van der Waals surface area contributed by atoms with E-state index in [0.29, 0.717) is 10.6 Å². The SMILES string of the molecule is O=C(Cn1nc(-c2ccc(Cl)cc2)n(Cc2ccccc2F)c1=O)NCc1ccccc1C(F)(F)F. The second-order valence-electron chi connectivity index (χ2n) is 7.88. The van der Waals surface area contributed by atoms with Crippen molar-refractivity contribution in [3.05, 3.63) is 111 Å². The first-order chi connectivity index (χ1) is 17.1. The van der Waals surface area contributed by atoms with Gasteiger partial charge < -0.3 is 5.32 Å². The lowest BCUT2D eigenvalue weighted by Crippen LogP contribution is -2.34. The molecule has 1 heterocycles. The Balaban J connectivity index is 1.60. The summed E-state index contributed by atoms with van der Waals surface area (Å²) in [6, 6.07) is 17.3. The Morgan fingerprint density at radius 1 is 0.944 bits per heavy atom. The van der Waals surface area contributed by atoms with Gasteiger partial charge in [0.05, 0.1) is 12.1 Å². The molecule has 0 saturated heterocycles. The number of carbonyl (C=O) groups excluding carboxylic acids is 1. The number of hydrogen-bond acceptors (Lipinski definition) is 3. The molecule has 0 unspecified atom stereocenters. The molecule has 0 atom stereocenters. The fraction of sp³-hybridized carbons (Fsp3) is 0.160. The maximum Gasteiger partial charge on any atom is 0.416 e. The van der Waals surface area contributed by atoms with Gasteiger partial charge in [0.15, 0.2) is 5.82 Å². The van der Waals surface area contributed by atoms with Crippen molar-refractivity contribution >= 4 is 17.5 Å². The van der Waals surface area contributed by atoms with Gasteiger partial charge in [0.2, 0.25) is 5.91 Å². The van der Waals surface area contributed by atoms with Gasteiger partial charge in [-0.3, -0.25) is 9.36 Å². The second kappa shape index (κ2) is 10.4. The summed E-state index contributed by atoms with van der Waals surface area (Å²) in [6.45, 7) is -1.08. The third-order valence-corrected chi connectivity index (χ3v) is 5.66. The maximum absolute atomic E-state index is 14.3. The highest BCUT2D eigenvalue weighted by Crippen LogP contribution is 2.31. The van der Waals surface area contributed by atoms with Gasteiger partial charge in [-0.25, -0.2) is 13.9 Å². The Morgan fingerprint density at radius 2 is 1.58 bits per heavy atom. The van der Waals surface area contributed by atoms with Crippen LogP contribution in [0.4, 0.5) is 17.6 Å². The quantitative estimate of drug-likeness (QED) is 0.354. The first kappa shape index (κ1) is 25.2. The van der Waals surface area contributed by atoms with Crippen LogP contribution < -0.4 is 11.0 Å². The summed E-state index contributed by atoms with van der Waals surface area (Å²) in [5.41, 5.74) is -0.915. The van der Waals surface area contributed by atoms with Crippen molar-refractivity contribution in [1.29, 1.82) is 0 Å². The van der Waals surface area contributed by atoms with Crippen LogP contribution in [0.25, 0.3) is 11.4 Å². The van der Waals surface area contributed by atoms with Crippen LogP contribution in [0.5, 0.6) is 0 Å². The average molecular weight is 519 g/mol. The van der Waals surface area contributed by atoms with Gasteiger partial charge >= 0.3 is 11.9 Å². The molecule has 0 fully saturated rings. The average Bonchev–Trinajstić information content (AvgIpc) is 3.14. The van der Waals surface area contributed by atoms with E-state index in [9.17, 15) is 27.2 Å². The number of rotatable bonds is 7. The molecule has 1 N–H and O–H groups in total. The molecule has 3 aromatic carbocycles. The van der Waals surface area contributed by atoms with E-state index in [1.54, 1.807) is 30.3 Å². The summed E-state index contributed by atoms with van der Waals surface area (Å²) < 4.78 is 56.0. The lowest BCUT2D eigenvalue weighted by Gasteiger charge is -2.13. The lowest BCUT2D eigenvalue weighted by molar-refractivity contribution is -0.138. The topological polar surface area (TPSA) is 68.9 Å². The number of nitrogens with zero attached hydrogens (tertiary/aromatic N) is 3. The molecule has 4 aromatic rings. The highest BCUT2D eigenvalue weighted by atomic mass is 35.5. The van der Waals surface area contributed by atoms with Crippen LogP contribution in [-0.2, 0) is 30.6 Å². The summed E-state index contributed by atoms with van der Waals surface area (Å²) in [5.74, 6) is -1.05. The monoisotopic (exact) mass is 518 g/mol. The van der Waals surface area contributed by atoms with Crippen LogP contribution in [0.1, 0.15) is 16.7 Å². The van der Waals surface area contributed by atoms with Crippen molar-refractivity contribution in [3.8, 4) is 11.4 Å². The van der Waals surface area contributed by atoms with Gasteiger partial charge in [-0.05, 0) is 42.0 Å². The number of hydrogen-bond donors (Lipinski definition) is 1. The zero-order valence-electron chi connectivity index (χ0n) is 18.6. The molecular formula is C25H19ClF4N4O2. The highest BCUT2D eigenvalue weighted by Gasteiger charge is 2.32. The molecule has 0 aliphatic rings. The Hall–Kier alpha value is -3.92. The Bertz CT molecular complexity index is 1450. The molecular weight excluding hydrogens is 500 g/mol. The molecule has 0 saturated carbocycles. The van der Waals surface area contributed by atoms with Gasteiger partial charge in [0.25, 0.3) is 0 Å². The maximum atomic E-state index is 14.3. The molecule has 0 aliphatic heterocycles. The highest BCUT2D eigenvalue weighted by molar-refractivity contribution is 6.30. The van der Waals surface area contributed by atoms with Crippen molar-refractivity contribution in [2.75, 3.05) is 0 Å². The van der Waals surface area contributed by atoms with E-state index < -0.39 is 35.7 Å². The molecule has 1 amide bonds. The molecule has 0 spiro atoms. The summed E-state index contributed by atoms with van der Waals surface area (Å²) >= 11 is 5.95. The van der Waals surface area contributed by atoms with Crippen molar-refractivity contribution in [2.24, 2.45) is 0 Å². The van der Waals surface area contributed by atoms with E-state index in [4.69, 9.17) is 11.6 Å². The first-order valence-corrected chi connectivity index (χ1v) is 11.1. The Labute approximate surface area is 207 Å². The standard InChI is InChI=1S/C25H19ClF4N4O2/c26-19-11-9-16(10-12-19)23-32-34(24(36)33(23)14-18-6-2-4-8-21(18)27)15-22(35)31-13-17-5-1-3-7-20(17)25(28,29)30/h1-12H,13-15H2,(H,31,35). The van der Waals surface area contributed by atoms with E-state index in [0.717, 1.165) is 10.7 Å². The van der Waals surface area contributed by atoms with Gasteiger partial charge in [-0.1, -0.05) is 48.0 Å². The van der Waals surface area contributed by atoms with Gasteiger partial charge in [0, 0.05) is 22.7 Å². The smallest absolute Gasteiger partial charge is 0.350 e. The molecule has 36 heavy (non-hydrogen) atoms. The molecule has 0 radical (unpaired) electrons. The summed E-state index contributed by atoms with van der Waals surface area (Å²) in [6.07, 6.45) is -4.57. The first-order valence-electron chi connectivity index (χ1n) is 10.7. The zero-order chi connectivity index (χ0) is 25.9. The Kier molecular flexibility index (Phi) is 7.25. The van der Waals surface area contributed by atoms with Crippen molar-refractivity contribution in [3.63, 3.8) is 0 Å². The van der Waals surface area contributed by atoms with Crippen LogP contribution in [-0.4, -0.2) is 20.3 Å². The summed E-state index contributed by atoms with van der Waals surface area (Å²) in [5, 5.41) is 7.10. The minimum atomic E-state index is -4.57. The lowest BCUT2D eigenvalue weighted by atomic mass is 10.1. The number of benzene rings is 3. The van der Waals surface area contributed by atoms with E-state index in [1.807, 2.05) is 0 Å². The van der Waals surface area contributed by atoms with Crippen LogP contribution >= 0.6 is 11.6 Å². The number of carbonyl (C=O) groups is 1. The van der Waals surface area contributed by atoms with Gasteiger partial charge in [0.1, 0.15) is 12.4 Å². The fourth-order valence-electron chi connectivity index (χ4n) is 3.63. The molecule has 4 rings (SSSR count). The Morgan fingerprint density at radius 3 is 2.25 bits per heavy atom. The number of amides is 1. The van der Waals surface area contributed by atoms with Crippen molar-refractivity contribution in [1.82, 2.24) is 19.7 Å². The van der Waals surface area contributed by atoms with Crippen LogP contribution in [0.2, 0.25) is 5.02 Å². The number of aromatic nitrogens is 3. The molecule has 1 aromatic heterocycles. The fourth-order valence-corrected chi connectivity index (χ4v) is 3.76. The van der Waals surface area contributed by atoms with Crippen LogP contribution in [0, 0.1) is 5.82 Å². The summed E-state index contributed by atoms with van der Waals surface area (Å²) in [7, 11) is 0. The zero-order valence-corrected chi connectivity index (χ0v) is 19.4. The van der Waals surface area contributed by atoms with E-state index in [2.05, 4.69) is 10.4 Å². The molecule has 6 nitrogen and oxygen atoms in total. The van der Waals surface area contributed by atoms with Crippen LogP contribution in [0.15, 0.2) is 77.6 Å². The van der Waals surface area contributed by atoms with E-state index >= 15 is 0 Å². The van der Waals surface area contributed by atoms with Gasteiger partial charge in [-0.2, -0.15) is 13.2 Å². The van der Waals surface area contributed by atoms with Crippen LogP contribution in [0.3, 0.4) is 0 Å². The summed E-state index contributed by atoms with van der Waals surface area (Å²) in [4.78, 5) is 25.7. The number of halogens is 5. The van der Waals surface area contributed by atoms with Gasteiger partial charge in [-0.15, -0.1) is 5.10 Å². The normalized spacial score (nSPS) is 11.5.